The number of nitrogens with zero attached hydrogens (tertiary/aromatic N) is 2. The lowest BCUT2D eigenvalue weighted by Gasteiger charge is -2.41. The van der Waals surface area contributed by atoms with Crippen LogP contribution in [0.25, 0.3) is 10.9 Å². The summed E-state index contributed by atoms with van der Waals surface area (Å²) < 4.78 is 8.43. The van der Waals surface area contributed by atoms with Crippen LogP contribution in [-0.2, 0) is 11.5 Å². The standard InChI is InChI=1S/C20H34N4OSi/c1-20(2,3)26(5,6)25-16-9-7-15(8-10-16)22-19-12-18-14(11-17(19)21)13-24(4)23-18/h11-13,15-16,22H,7-10,21H2,1-6H3/t15-,16-. The molecule has 6 heteroatoms. The molecular weight excluding hydrogens is 340 g/mol. The van der Waals surface area contributed by atoms with E-state index in [9.17, 15) is 0 Å². The molecule has 5 nitrogen and oxygen atoms in total. The number of hydrogen-bond donors (Lipinski definition) is 2. The molecule has 0 aliphatic heterocycles. The predicted molar refractivity (Wildman–Crippen MR) is 113 cm³/mol. The minimum Gasteiger partial charge on any atom is -0.414 e. The fourth-order valence-corrected chi connectivity index (χ4v) is 4.90. The summed E-state index contributed by atoms with van der Waals surface area (Å²) in [7, 11) is 0.261. The van der Waals surface area contributed by atoms with Crippen LogP contribution in [0.4, 0.5) is 11.4 Å². The molecule has 0 saturated heterocycles. The monoisotopic (exact) mass is 374 g/mol. The van der Waals surface area contributed by atoms with Gasteiger partial charge in [0, 0.05) is 30.8 Å². The highest BCUT2D eigenvalue weighted by atomic mass is 28.4. The number of aromatic nitrogens is 2. The summed E-state index contributed by atoms with van der Waals surface area (Å²) in [6, 6.07) is 4.54. The first-order valence-electron chi connectivity index (χ1n) is 9.72. The zero-order chi connectivity index (χ0) is 19.1. The molecule has 1 heterocycles. The summed E-state index contributed by atoms with van der Waals surface area (Å²) in [5, 5.41) is 9.49. The Bertz CT molecular complexity index is 770. The number of nitrogens with two attached hydrogens (primary N) is 1. The van der Waals surface area contributed by atoms with E-state index >= 15 is 0 Å². The quantitative estimate of drug-likeness (QED) is 0.590. The maximum absolute atomic E-state index is 6.60. The number of fused-ring (bicyclic) bond motifs is 1. The van der Waals surface area contributed by atoms with Crippen LogP contribution < -0.4 is 11.1 Å². The van der Waals surface area contributed by atoms with Crippen LogP contribution in [0.5, 0.6) is 0 Å². The van der Waals surface area contributed by atoms with Gasteiger partial charge in [0.25, 0.3) is 0 Å². The lowest BCUT2D eigenvalue weighted by molar-refractivity contribution is 0.133. The molecule has 144 valence electrons. The second kappa shape index (κ2) is 6.89. The van der Waals surface area contributed by atoms with Crippen molar-refractivity contribution in [3.05, 3.63) is 18.3 Å². The van der Waals surface area contributed by atoms with Crippen molar-refractivity contribution in [1.82, 2.24) is 9.78 Å². The second-order valence-electron chi connectivity index (χ2n) is 9.30. The van der Waals surface area contributed by atoms with Crippen LogP contribution in [-0.4, -0.2) is 30.2 Å². The van der Waals surface area contributed by atoms with Gasteiger partial charge in [-0.3, -0.25) is 4.68 Å². The molecule has 0 atom stereocenters. The topological polar surface area (TPSA) is 65.1 Å². The van der Waals surface area contributed by atoms with E-state index in [0.717, 1.165) is 48.0 Å². The van der Waals surface area contributed by atoms with Crippen molar-refractivity contribution in [1.29, 1.82) is 0 Å². The predicted octanol–water partition coefficient (Wildman–Crippen LogP) is 4.90. The van der Waals surface area contributed by atoms with Gasteiger partial charge >= 0.3 is 0 Å². The summed E-state index contributed by atoms with van der Waals surface area (Å²) in [6.45, 7) is 11.6. The van der Waals surface area contributed by atoms with Gasteiger partial charge in [0.1, 0.15) is 0 Å². The molecule has 1 saturated carbocycles. The Morgan fingerprint density at radius 1 is 1.19 bits per heavy atom. The number of hydrogen-bond acceptors (Lipinski definition) is 4. The highest BCUT2D eigenvalue weighted by molar-refractivity contribution is 6.74. The molecule has 1 aromatic carbocycles. The lowest BCUT2D eigenvalue weighted by atomic mass is 9.93. The zero-order valence-electron chi connectivity index (χ0n) is 17.1. The van der Waals surface area contributed by atoms with Gasteiger partial charge in [0.2, 0.25) is 0 Å². The van der Waals surface area contributed by atoms with Gasteiger partial charge in [-0.25, -0.2) is 0 Å². The Kier molecular flexibility index (Phi) is 5.10. The van der Waals surface area contributed by atoms with Crippen LogP contribution in [0.15, 0.2) is 18.3 Å². The highest BCUT2D eigenvalue weighted by Gasteiger charge is 2.39. The molecule has 3 N–H and O–H groups in total. The van der Waals surface area contributed by atoms with Gasteiger partial charge in [-0.1, -0.05) is 20.8 Å². The highest BCUT2D eigenvalue weighted by Crippen LogP contribution is 2.39. The Hall–Kier alpha value is -1.53. The minimum absolute atomic E-state index is 0.272. The fourth-order valence-electron chi connectivity index (χ4n) is 3.48. The van der Waals surface area contributed by atoms with E-state index in [2.05, 4.69) is 50.3 Å². The largest absolute Gasteiger partial charge is 0.414 e. The molecule has 2 aromatic rings. The average molecular weight is 375 g/mol. The van der Waals surface area contributed by atoms with Crippen molar-refractivity contribution in [2.45, 2.75) is 76.7 Å². The van der Waals surface area contributed by atoms with Gasteiger partial charge in [-0.15, -0.1) is 0 Å². The number of benzene rings is 1. The Labute approximate surface area is 158 Å². The number of anilines is 2. The minimum atomic E-state index is -1.68. The van der Waals surface area contributed by atoms with Crippen molar-refractivity contribution >= 4 is 30.6 Å². The van der Waals surface area contributed by atoms with Crippen LogP contribution in [0.2, 0.25) is 18.1 Å². The van der Waals surface area contributed by atoms with E-state index in [-0.39, 0.29) is 5.04 Å². The summed E-state index contributed by atoms with van der Waals surface area (Å²) >= 11 is 0. The molecule has 1 aromatic heterocycles. The molecule has 3 rings (SSSR count). The van der Waals surface area contributed by atoms with Crippen LogP contribution in [0.3, 0.4) is 0 Å². The molecule has 0 unspecified atom stereocenters. The molecular formula is C20H34N4OSi. The summed E-state index contributed by atoms with van der Waals surface area (Å²) in [5.74, 6) is 0. The molecule has 1 aliphatic rings. The second-order valence-corrected chi connectivity index (χ2v) is 14.1. The summed E-state index contributed by atoms with van der Waals surface area (Å²) in [6.07, 6.45) is 6.90. The van der Waals surface area contributed by atoms with Crippen molar-refractivity contribution in [3.63, 3.8) is 0 Å². The number of aryl methyl sites for hydroxylation is 1. The maximum atomic E-state index is 6.60. The number of nitrogens with one attached hydrogen (secondary N) is 1. The maximum Gasteiger partial charge on any atom is 0.192 e. The van der Waals surface area contributed by atoms with Crippen molar-refractivity contribution in [2.75, 3.05) is 11.1 Å². The average Bonchev–Trinajstić information content (AvgIpc) is 2.87. The fraction of sp³-hybridized carbons (Fsp3) is 0.650. The van der Waals surface area contributed by atoms with E-state index in [0.29, 0.717) is 12.1 Å². The molecule has 1 fully saturated rings. The first kappa shape index (κ1) is 19.2. The number of nitrogen functional groups attached to an aromatic ring is 1. The van der Waals surface area contributed by atoms with Gasteiger partial charge < -0.3 is 15.5 Å². The van der Waals surface area contributed by atoms with Crippen LogP contribution >= 0.6 is 0 Å². The Morgan fingerprint density at radius 2 is 1.85 bits per heavy atom. The van der Waals surface area contributed by atoms with Crippen molar-refractivity contribution in [3.8, 4) is 0 Å². The van der Waals surface area contributed by atoms with E-state index in [4.69, 9.17) is 10.2 Å². The Balaban J connectivity index is 1.60. The van der Waals surface area contributed by atoms with Crippen LogP contribution in [0.1, 0.15) is 46.5 Å². The van der Waals surface area contributed by atoms with E-state index < -0.39 is 8.32 Å². The normalized spacial score (nSPS) is 21.9. The molecule has 0 amide bonds. The first-order valence-corrected chi connectivity index (χ1v) is 12.6. The van der Waals surface area contributed by atoms with Gasteiger partial charge in [-0.2, -0.15) is 5.10 Å². The van der Waals surface area contributed by atoms with Crippen molar-refractivity contribution < 1.29 is 4.43 Å². The summed E-state index contributed by atoms with van der Waals surface area (Å²) in [5.41, 5.74) is 9.04. The third-order valence-corrected chi connectivity index (χ3v) is 10.6. The molecule has 1 aliphatic carbocycles. The Morgan fingerprint density at radius 3 is 2.46 bits per heavy atom. The van der Waals surface area contributed by atoms with E-state index in [1.54, 1.807) is 0 Å². The molecule has 0 bridgehead atoms. The third-order valence-electron chi connectivity index (χ3n) is 6.09. The third kappa shape index (κ3) is 4.07. The van der Waals surface area contributed by atoms with Gasteiger partial charge in [0.15, 0.2) is 8.32 Å². The summed E-state index contributed by atoms with van der Waals surface area (Å²) in [4.78, 5) is 0. The van der Waals surface area contributed by atoms with E-state index in [1.807, 2.05) is 24.0 Å². The molecule has 0 spiro atoms. The van der Waals surface area contributed by atoms with Crippen LogP contribution in [0, 0.1) is 0 Å². The molecule has 26 heavy (non-hydrogen) atoms. The lowest BCUT2D eigenvalue weighted by Crippen LogP contribution is -2.45. The van der Waals surface area contributed by atoms with E-state index in [1.165, 1.54) is 0 Å². The first-order chi connectivity index (χ1) is 12.0. The smallest absolute Gasteiger partial charge is 0.192 e. The SMILES string of the molecule is Cn1cc2cc(N)c(N[C@H]3CC[C@H](O[Si](C)(C)C(C)(C)C)CC3)cc2n1. The molecule has 0 radical (unpaired) electrons. The van der Waals surface area contributed by atoms with Gasteiger partial charge in [0.05, 0.1) is 16.9 Å². The zero-order valence-corrected chi connectivity index (χ0v) is 18.1. The van der Waals surface area contributed by atoms with Gasteiger partial charge in [-0.05, 0) is 55.9 Å². The number of rotatable bonds is 4. The van der Waals surface area contributed by atoms with Crippen molar-refractivity contribution in [2.24, 2.45) is 7.05 Å².